The first-order chi connectivity index (χ1) is 14.9. The summed E-state index contributed by atoms with van der Waals surface area (Å²) in [7, 11) is 6.11. The topological polar surface area (TPSA) is 20.6 Å². The molecular weight excluding hydrogens is 382 g/mol. The molecule has 0 saturated carbocycles. The fourth-order valence-electron chi connectivity index (χ4n) is 4.93. The van der Waals surface area contributed by atoms with Crippen molar-refractivity contribution in [1.29, 1.82) is 0 Å². The van der Waals surface area contributed by atoms with Crippen LogP contribution in [0, 0.1) is 13.8 Å². The molecule has 162 valence electrons. The Hall–Kier alpha value is -3.14. The number of aromatic nitrogens is 1. The maximum absolute atomic E-state index is 5.66. The zero-order chi connectivity index (χ0) is 22.4. The summed E-state index contributed by atoms with van der Waals surface area (Å²) in [6.45, 7) is 10.5. The molecule has 1 aliphatic heterocycles. The standard InChI is InChI=1S/C25H27N3O.C2H6/c1-15-13-22(16(2)23(14-15)29-6)28-17(3)26(4)25-21(28)12-11-20-24(25)18-9-7-8-10-19(18)27(20)5;1-2/h7-14,17H,1-6H3;1-2H3/t17-;/m0./s1. The number of hydrogen-bond donors (Lipinski definition) is 0. The number of fused-ring (bicyclic) bond motifs is 5. The summed E-state index contributed by atoms with van der Waals surface area (Å²) in [5.74, 6) is 0.939. The largest absolute Gasteiger partial charge is 0.496 e. The van der Waals surface area contributed by atoms with Gasteiger partial charge in [0.15, 0.2) is 0 Å². The second kappa shape index (κ2) is 7.84. The normalized spacial score (nSPS) is 15.3. The van der Waals surface area contributed by atoms with E-state index in [1.54, 1.807) is 7.11 Å². The molecule has 0 bridgehead atoms. The molecule has 0 radical (unpaired) electrons. The van der Waals surface area contributed by atoms with Gasteiger partial charge in [0, 0.05) is 41.6 Å². The first-order valence-electron chi connectivity index (χ1n) is 11.1. The number of aryl methyl sites for hydroxylation is 2. The van der Waals surface area contributed by atoms with Crippen molar-refractivity contribution in [3.05, 3.63) is 59.7 Å². The van der Waals surface area contributed by atoms with Crippen LogP contribution in [0.5, 0.6) is 5.75 Å². The summed E-state index contributed by atoms with van der Waals surface area (Å²) in [5, 5.41) is 2.64. The van der Waals surface area contributed by atoms with Crippen molar-refractivity contribution >= 4 is 38.9 Å². The number of para-hydroxylation sites is 1. The molecule has 5 rings (SSSR count). The van der Waals surface area contributed by atoms with E-state index in [2.05, 4.69) is 97.8 Å². The molecule has 31 heavy (non-hydrogen) atoms. The molecule has 1 aliphatic rings. The van der Waals surface area contributed by atoms with Crippen LogP contribution in [-0.2, 0) is 7.05 Å². The van der Waals surface area contributed by atoms with Gasteiger partial charge in [0.2, 0.25) is 0 Å². The van der Waals surface area contributed by atoms with Crippen molar-refractivity contribution in [2.45, 2.75) is 40.8 Å². The average Bonchev–Trinajstić information content (AvgIpc) is 3.22. The van der Waals surface area contributed by atoms with Gasteiger partial charge in [0.05, 0.1) is 24.0 Å². The molecule has 4 heteroatoms. The van der Waals surface area contributed by atoms with E-state index in [9.17, 15) is 0 Å². The lowest BCUT2D eigenvalue weighted by Crippen LogP contribution is -2.36. The van der Waals surface area contributed by atoms with E-state index in [4.69, 9.17) is 4.74 Å². The molecule has 1 atom stereocenters. The van der Waals surface area contributed by atoms with Crippen LogP contribution >= 0.6 is 0 Å². The Kier molecular flexibility index (Phi) is 5.34. The molecule has 4 aromatic rings. The van der Waals surface area contributed by atoms with Crippen LogP contribution in [0.25, 0.3) is 21.8 Å². The molecule has 3 aromatic carbocycles. The number of nitrogens with zero attached hydrogens (tertiary/aromatic N) is 3. The highest BCUT2D eigenvalue weighted by molar-refractivity contribution is 6.18. The van der Waals surface area contributed by atoms with Crippen LogP contribution in [0.15, 0.2) is 48.5 Å². The van der Waals surface area contributed by atoms with Crippen LogP contribution in [0.4, 0.5) is 17.1 Å². The highest BCUT2D eigenvalue weighted by Crippen LogP contribution is 2.50. The number of benzene rings is 3. The fourth-order valence-corrected chi connectivity index (χ4v) is 4.93. The van der Waals surface area contributed by atoms with Crippen molar-refractivity contribution in [3.8, 4) is 5.75 Å². The second-order valence-electron chi connectivity index (χ2n) is 8.13. The molecule has 0 aliphatic carbocycles. The van der Waals surface area contributed by atoms with Crippen molar-refractivity contribution in [1.82, 2.24) is 4.57 Å². The highest BCUT2D eigenvalue weighted by Gasteiger charge is 2.35. The summed E-state index contributed by atoms with van der Waals surface area (Å²) < 4.78 is 7.96. The fraction of sp³-hybridized carbons (Fsp3) is 0.333. The summed E-state index contributed by atoms with van der Waals surface area (Å²) in [6, 6.07) is 17.6. The maximum atomic E-state index is 5.66. The van der Waals surface area contributed by atoms with Crippen LogP contribution in [-0.4, -0.2) is 24.9 Å². The van der Waals surface area contributed by atoms with Crippen LogP contribution in [0.1, 0.15) is 31.9 Å². The Labute approximate surface area is 185 Å². The van der Waals surface area contributed by atoms with E-state index in [1.807, 2.05) is 13.8 Å². The van der Waals surface area contributed by atoms with Crippen molar-refractivity contribution in [2.24, 2.45) is 7.05 Å². The lowest BCUT2D eigenvalue weighted by atomic mass is 10.1. The number of methoxy groups -OCH3 is 1. The minimum atomic E-state index is 0.208. The number of ether oxygens (including phenoxy) is 1. The first-order valence-corrected chi connectivity index (χ1v) is 11.1. The number of rotatable bonds is 2. The SMILES string of the molecule is CC.COc1cc(C)cc(N2c3ccc4c(c3N(C)[C@@H]2C)c2ccccc2n4C)c1C. The first kappa shape index (κ1) is 21.1. The zero-order valence-electron chi connectivity index (χ0n) is 19.9. The minimum Gasteiger partial charge on any atom is -0.496 e. The van der Waals surface area contributed by atoms with Gasteiger partial charge in [-0.25, -0.2) is 0 Å². The third-order valence-electron chi connectivity index (χ3n) is 6.53. The Balaban J connectivity index is 0.00000112. The van der Waals surface area contributed by atoms with Gasteiger partial charge in [-0.15, -0.1) is 0 Å². The smallest absolute Gasteiger partial charge is 0.124 e. The molecular formula is C27H33N3O. The number of hydrogen-bond acceptors (Lipinski definition) is 3. The van der Waals surface area contributed by atoms with Gasteiger partial charge in [0.25, 0.3) is 0 Å². The van der Waals surface area contributed by atoms with Gasteiger partial charge in [-0.2, -0.15) is 0 Å². The van der Waals surface area contributed by atoms with E-state index in [0.29, 0.717) is 0 Å². The Morgan fingerprint density at radius 1 is 0.871 bits per heavy atom. The molecule has 0 spiro atoms. The Bertz CT molecular complexity index is 1270. The zero-order valence-corrected chi connectivity index (χ0v) is 19.9. The van der Waals surface area contributed by atoms with Crippen molar-refractivity contribution in [2.75, 3.05) is 24.0 Å². The lowest BCUT2D eigenvalue weighted by Gasteiger charge is -2.29. The van der Waals surface area contributed by atoms with Gasteiger partial charge in [0.1, 0.15) is 11.9 Å². The van der Waals surface area contributed by atoms with Crippen molar-refractivity contribution < 1.29 is 4.74 Å². The summed E-state index contributed by atoms with van der Waals surface area (Å²) in [5.41, 5.74) is 8.67. The van der Waals surface area contributed by atoms with E-state index >= 15 is 0 Å². The summed E-state index contributed by atoms with van der Waals surface area (Å²) >= 11 is 0. The van der Waals surface area contributed by atoms with E-state index < -0.39 is 0 Å². The third kappa shape index (κ3) is 2.96. The lowest BCUT2D eigenvalue weighted by molar-refractivity contribution is 0.411. The van der Waals surface area contributed by atoms with E-state index in [1.165, 1.54) is 50.0 Å². The van der Waals surface area contributed by atoms with Crippen LogP contribution in [0.2, 0.25) is 0 Å². The van der Waals surface area contributed by atoms with Crippen LogP contribution in [0.3, 0.4) is 0 Å². The van der Waals surface area contributed by atoms with Gasteiger partial charge in [-0.1, -0.05) is 32.0 Å². The molecule has 0 saturated heterocycles. The van der Waals surface area contributed by atoms with Gasteiger partial charge in [-0.05, 0) is 56.7 Å². The van der Waals surface area contributed by atoms with Gasteiger partial charge in [-0.3, -0.25) is 0 Å². The average molecular weight is 416 g/mol. The second-order valence-corrected chi connectivity index (χ2v) is 8.13. The molecule has 0 unspecified atom stereocenters. The predicted molar refractivity (Wildman–Crippen MR) is 134 cm³/mol. The quantitative estimate of drug-likeness (QED) is 0.354. The maximum Gasteiger partial charge on any atom is 0.124 e. The molecule has 2 heterocycles. The molecule has 1 aromatic heterocycles. The Morgan fingerprint density at radius 2 is 1.58 bits per heavy atom. The minimum absolute atomic E-state index is 0.208. The summed E-state index contributed by atoms with van der Waals surface area (Å²) in [6.07, 6.45) is 0.208. The monoisotopic (exact) mass is 415 g/mol. The van der Waals surface area contributed by atoms with E-state index in [0.717, 1.165) is 5.75 Å². The molecule has 4 nitrogen and oxygen atoms in total. The van der Waals surface area contributed by atoms with Gasteiger partial charge >= 0.3 is 0 Å². The van der Waals surface area contributed by atoms with Crippen molar-refractivity contribution in [3.63, 3.8) is 0 Å². The third-order valence-corrected chi connectivity index (χ3v) is 6.53. The van der Waals surface area contributed by atoms with E-state index in [-0.39, 0.29) is 6.17 Å². The van der Waals surface area contributed by atoms with Gasteiger partial charge < -0.3 is 19.1 Å². The number of anilines is 3. The van der Waals surface area contributed by atoms with Crippen LogP contribution < -0.4 is 14.5 Å². The summed E-state index contributed by atoms with van der Waals surface area (Å²) in [4.78, 5) is 4.85. The Morgan fingerprint density at radius 3 is 2.29 bits per heavy atom. The highest BCUT2D eigenvalue weighted by atomic mass is 16.5. The molecule has 0 amide bonds. The molecule has 0 fully saturated rings. The molecule has 0 N–H and O–H groups in total. The predicted octanol–water partition coefficient (Wildman–Crippen LogP) is 6.92.